The zero-order valence-electron chi connectivity index (χ0n) is 11.0. The number of hydrogen-bond acceptors (Lipinski definition) is 4. The van der Waals surface area contributed by atoms with Gasteiger partial charge in [-0.3, -0.25) is 0 Å². The minimum absolute atomic E-state index is 0.467. The molecule has 0 atom stereocenters. The van der Waals surface area contributed by atoms with Crippen LogP contribution in [0.1, 0.15) is 24.1 Å². The molecule has 0 unspecified atom stereocenters. The molecule has 1 aliphatic rings. The minimum Gasteiger partial charge on any atom is -0.378 e. The van der Waals surface area contributed by atoms with Crippen LogP contribution in [0.15, 0.2) is 17.5 Å². The Kier molecular flexibility index (Phi) is 6.14. The number of nitrogens with zero attached hydrogens (tertiary/aromatic N) is 1. The van der Waals surface area contributed by atoms with Crippen molar-refractivity contribution in [3.8, 4) is 0 Å². The zero-order chi connectivity index (χ0) is 12.6. The van der Waals surface area contributed by atoms with Crippen LogP contribution in [0.3, 0.4) is 0 Å². The first-order chi connectivity index (χ1) is 8.88. The molecule has 0 radical (unpaired) electrons. The maximum Gasteiger partial charge on any atom is 0.0599 e. The lowest BCUT2D eigenvalue weighted by Crippen LogP contribution is -2.38. The Morgan fingerprint density at radius 3 is 2.89 bits per heavy atom. The summed E-state index contributed by atoms with van der Waals surface area (Å²) < 4.78 is 5.82. The molecule has 1 fully saturated rings. The van der Waals surface area contributed by atoms with Crippen LogP contribution in [0.2, 0.25) is 0 Å². The summed E-state index contributed by atoms with van der Waals surface area (Å²) in [5.74, 6) is 0. The first kappa shape index (κ1) is 14.0. The number of hydrogen-bond donors (Lipinski definition) is 1. The predicted octanol–water partition coefficient (Wildman–Crippen LogP) is 2.12. The highest BCUT2D eigenvalue weighted by Gasteiger charge is 2.19. The Labute approximate surface area is 114 Å². The van der Waals surface area contributed by atoms with Crippen LogP contribution >= 0.6 is 11.3 Å². The first-order valence-corrected chi connectivity index (χ1v) is 7.83. The van der Waals surface area contributed by atoms with E-state index in [0.29, 0.717) is 6.10 Å². The van der Waals surface area contributed by atoms with Crippen LogP contribution < -0.4 is 5.73 Å². The topological polar surface area (TPSA) is 38.5 Å². The van der Waals surface area contributed by atoms with Gasteiger partial charge in [-0.05, 0) is 43.7 Å². The van der Waals surface area contributed by atoms with Gasteiger partial charge in [0.25, 0.3) is 0 Å². The van der Waals surface area contributed by atoms with E-state index in [0.717, 1.165) is 19.6 Å². The molecule has 2 heterocycles. The smallest absolute Gasteiger partial charge is 0.0599 e. The highest BCUT2D eigenvalue weighted by molar-refractivity contribution is 7.09. The Balaban J connectivity index is 1.58. The molecule has 0 spiro atoms. The van der Waals surface area contributed by atoms with Crippen LogP contribution in [-0.4, -0.2) is 43.8 Å². The fraction of sp³-hybridized carbons (Fsp3) is 0.714. The number of nitrogens with two attached hydrogens (primary N) is 1. The van der Waals surface area contributed by atoms with E-state index in [1.165, 1.54) is 43.8 Å². The van der Waals surface area contributed by atoms with Crippen LogP contribution in [0.25, 0.3) is 0 Å². The van der Waals surface area contributed by atoms with Crippen molar-refractivity contribution in [1.82, 2.24) is 4.90 Å². The van der Waals surface area contributed by atoms with Crippen LogP contribution in [0.4, 0.5) is 0 Å². The van der Waals surface area contributed by atoms with Crippen molar-refractivity contribution in [3.05, 3.63) is 22.4 Å². The average molecular weight is 268 g/mol. The highest BCUT2D eigenvalue weighted by Crippen LogP contribution is 2.15. The van der Waals surface area contributed by atoms with Crippen molar-refractivity contribution in [3.63, 3.8) is 0 Å². The molecule has 0 aromatic carbocycles. The van der Waals surface area contributed by atoms with Gasteiger partial charge in [0.1, 0.15) is 0 Å². The second-order valence-corrected chi connectivity index (χ2v) is 5.92. The molecule has 2 rings (SSSR count). The first-order valence-electron chi connectivity index (χ1n) is 6.95. The van der Waals surface area contributed by atoms with Crippen molar-refractivity contribution in [2.24, 2.45) is 5.73 Å². The highest BCUT2D eigenvalue weighted by atomic mass is 32.1. The van der Waals surface area contributed by atoms with Gasteiger partial charge < -0.3 is 15.4 Å². The van der Waals surface area contributed by atoms with Gasteiger partial charge in [0.05, 0.1) is 6.10 Å². The van der Waals surface area contributed by atoms with Crippen molar-refractivity contribution in [2.75, 3.05) is 32.8 Å². The fourth-order valence-corrected chi connectivity index (χ4v) is 3.05. The summed E-state index contributed by atoms with van der Waals surface area (Å²) in [6.45, 7) is 5.11. The lowest BCUT2D eigenvalue weighted by atomic mass is 10.1. The molecule has 102 valence electrons. The van der Waals surface area contributed by atoms with Crippen LogP contribution in [-0.2, 0) is 11.2 Å². The van der Waals surface area contributed by atoms with Gasteiger partial charge in [0.2, 0.25) is 0 Å². The Morgan fingerprint density at radius 1 is 1.39 bits per heavy atom. The van der Waals surface area contributed by atoms with E-state index in [-0.39, 0.29) is 0 Å². The normalized spacial score (nSPS) is 18.3. The molecule has 1 aromatic heterocycles. The van der Waals surface area contributed by atoms with E-state index in [1.807, 2.05) is 11.3 Å². The van der Waals surface area contributed by atoms with E-state index < -0.39 is 0 Å². The molecule has 0 bridgehead atoms. The van der Waals surface area contributed by atoms with E-state index >= 15 is 0 Å². The van der Waals surface area contributed by atoms with Crippen molar-refractivity contribution >= 4 is 11.3 Å². The van der Waals surface area contributed by atoms with E-state index in [4.69, 9.17) is 10.5 Å². The number of thiophene rings is 1. The number of piperidine rings is 1. The zero-order valence-corrected chi connectivity index (χ0v) is 11.8. The van der Waals surface area contributed by atoms with Gasteiger partial charge in [0, 0.05) is 31.1 Å². The molecule has 1 saturated heterocycles. The predicted molar refractivity (Wildman–Crippen MR) is 77.1 cm³/mol. The Bertz CT molecular complexity index is 308. The molecule has 4 heteroatoms. The average Bonchev–Trinajstić information content (AvgIpc) is 2.91. The van der Waals surface area contributed by atoms with Crippen molar-refractivity contribution in [2.45, 2.75) is 31.8 Å². The molecule has 0 saturated carbocycles. The summed E-state index contributed by atoms with van der Waals surface area (Å²) in [6, 6.07) is 4.37. The third-order valence-electron chi connectivity index (χ3n) is 3.49. The second-order valence-electron chi connectivity index (χ2n) is 4.88. The molecule has 0 amide bonds. The summed E-state index contributed by atoms with van der Waals surface area (Å²) in [6.07, 6.45) is 4.99. The van der Waals surface area contributed by atoms with Crippen LogP contribution in [0.5, 0.6) is 0 Å². The number of likely N-dealkylation sites (tertiary alicyclic amines) is 1. The lowest BCUT2D eigenvalue weighted by molar-refractivity contribution is 0.00756. The molecule has 2 N–H and O–H groups in total. The minimum atomic E-state index is 0.467. The number of rotatable bonds is 7. The maximum atomic E-state index is 5.82. The van der Waals surface area contributed by atoms with E-state index in [2.05, 4.69) is 22.4 Å². The Morgan fingerprint density at radius 2 is 2.22 bits per heavy atom. The van der Waals surface area contributed by atoms with E-state index in [1.54, 1.807) is 0 Å². The standard InChI is InChI=1S/C14H24N2OS/c15-7-2-11-17-13-4-8-16(9-5-13)10-6-14-3-1-12-18-14/h1,3,12-13H,2,4-11,15H2. The molecular formula is C14H24N2OS. The lowest BCUT2D eigenvalue weighted by Gasteiger charge is -2.31. The van der Waals surface area contributed by atoms with Gasteiger partial charge in [-0.25, -0.2) is 0 Å². The monoisotopic (exact) mass is 268 g/mol. The summed E-state index contributed by atoms with van der Waals surface area (Å²) >= 11 is 1.86. The molecule has 1 aliphatic heterocycles. The molecule has 18 heavy (non-hydrogen) atoms. The molecule has 0 aliphatic carbocycles. The SMILES string of the molecule is NCCCOC1CCN(CCc2cccs2)CC1. The largest absolute Gasteiger partial charge is 0.378 e. The van der Waals surface area contributed by atoms with Gasteiger partial charge >= 0.3 is 0 Å². The van der Waals surface area contributed by atoms with Gasteiger partial charge in [-0.1, -0.05) is 6.07 Å². The quantitative estimate of drug-likeness (QED) is 0.770. The summed E-state index contributed by atoms with van der Waals surface area (Å²) in [4.78, 5) is 4.05. The third-order valence-corrected chi connectivity index (χ3v) is 4.43. The van der Waals surface area contributed by atoms with E-state index in [9.17, 15) is 0 Å². The number of ether oxygens (including phenoxy) is 1. The Hall–Kier alpha value is -0.420. The summed E-state index contributed by atoms with van der Waals surface area (Å²) in [5, 5.41) is 2.16. The summed E-state index contributed by atoms with van der Waals surface area (Å²) in [7, 11) is 0. The molecular weight excluding hydrogens is 244 g/mol. The van der Waals surface area contributed by atoms with Crippen molar-refractivity contribution in [1.29, 1.82) is 0 Å². The second kappa shape index (κ2) is 7.89. The molecule has 1 aromatic rings. The van der Waals surface area contributed by atoms with Gasteiger partial charge in [-0.2, -0.15) is 0 Å². The summed E-state index contributed by atoms with van der Waals surface area (Å²) in [5.41, 5.74) is 5.46. The molecule has 3 nitrogen and oxygen atoms in total. The van der Waals surface area contributed by atoms with Gasteiger partial charge in [-0.15, -0.1) is 11.3 Å². The van der Waals surface area contributed by atoms with Gasteiger partial charge in [0.15, 0.2) is 0 Å². The van der Waals surface area contributed by atoms with Crippen LogP contribution in [0, 0.1) is 0 Å². The maximum absolute atomic E-state index is 5.82. The third kappa shape index (κ3) is 4.69. The van der Waals surface area contributed by atoms with Crippen molar-refractivity contribution < 1.29 is 4.74 Å². The fourth-order valence-electron chi connectivity index (χ4n) is 2.36.